The van der Waals surface area contributed by atoms with Crippen molar-refractivity contribution >= 4 is 15.7 Å². The number of rotatable bonds is 8. The van der Waals surface area contributed by atoms with Gasteiger partial charge in [0.05, 0.1) is 5.25 Å². The first-order valence-electron chi connectivity index (χ1n) is 7.39. The highest BCUT2D eigenvalue weighted by molar-refractivity contribution is 7.93. The Kier molecular flexibility index (Phi) is 5.98. The Morgan fingerprint density at radius 1 is 0.955 bits per heavy atom. The van der Waals surface area contributed by atoms with Gasteiger partial charge in [0, 0.05) is 12.2 Å². The van der Waals surface area contributed by atoms with E-state index in [1.165, 1.54) is 5.56 Å². The van der Waals surface area contributed by atoms with Crippen LogP contribution in [0.5, 0.6) is 0 Å². The van der Waals surface area contributed by atoms with Gasteiger partial charge >= 0.3 is 0 Å². The lowest BCUT2D eigenvalue weighted by Gasteiger charge is -2.15. The summed E-state index contributed by atoms with van der Waals surface area (Å²) in [6.07, 6.45) is 0.564. The van der Waals surface area contributed by atoms with Gasteiger partial charge < -0.3 is 5.32 Å². The molecule has 0 saturated carbocycles. The van der Waals surface area contributed by atoms with Crippen molar-refractivity contribution in [2.45, 2.75) is 25.1 Å². The monoisotopic (exact) mass is 318 g/mol. The van der Waals surface area contributed by atoms with Crippen LogP contribution in [0.3, 0.4) is 0 Å². The zero-order valence-electron chi connectivity index (χ0n) is 12.7. The van der Waals surface area contributed by atoms with Crippen LogP contribution in [0.4, 0.5) is 5.69 Å². The summed E-state index contributed by atoms with van der Waals surface area (Å²) in [4.78, 5) is 0. The van der Waals surface area contributed by atoms with Gasteiger partial charge in [0.2, 0.25) is 10.0 Å². The summed E-state index contributed by atoms with van der Waals surface area (Å²) in [5.74, 6) is 0. The summed E-state index contributed by atoms with van der Waals surface area (Å²) in [6, 6.07) is 19.0. The molecule has 0 aromatic heterocycles. The third-order valence-electron chi connectivity index (χ3n) is 3.46. The summed E-state index contributed by atoms with van der Waals surface area (Å²) in [5, 5.41) is 2.83. The van der Waals surface area contributed by atoms with Crippen molar-refractivity contribution in [3.63, 3.8) is 0 Å². The van der Waals surface area contributed by atoms with Gasteiger partial charge in [-0.2, -0.15) is 0 Å². The molecule has 0 amide bonds. The van der Waals surface area contributed by atoms with E-state index >= 15 is 0 Å². The molecule has 22 heavy (non-hydrogen) atoms. The van der Waals surface area contributed by atoms with Crippen LogP contribution < -0.4 is 10.0 Å². The van der Waals surface area contributed by atoms with Crippen molar-refractivity contribution in [2.24, 2.45) is 0 Å². The second-order valence-corrected chi connectivity index (χ2v) is 7.37. The number of hydrogen-bond acceptors (Lipinski definition) is 3. The Labute approximate surface area is 132 Å². The highest BCUT2D eigenvalue weighted by Gasteiger charge is 2.19. The Bertz CT molecular complexity index is 658. The smallest absolute Gasteiger partial charge is 0.235 e. The lowest BCUT2D eigenvalue weighted by molar-refractivity contribution is 0.572. The Morgan fingerprint density at radius 3 is 2.18 bits per heavy atom. The first-order valence-corrected chi connectivity index (χ1v) is 8.94. The molecule has 2 N–H and O–H groups in total. The number of benzene rings is 2. The average molecular weight is 318 g/mol. The largest absolute Gasteiger partial charge is 0.313 e. The van der Waals surface area contributed by atoms with Crippen LogP contribution in [0.1, 0.15) is 18.9 Å². The van der Waals surface area contributed by atoms with Gasteiger partial charge in [-0.1, -0.05) is 48.5 Å². The van der Waals surface area contributed by atoms with Crippen molar-refractivity contribution in [1.82, 2.24) is 5.32 Å². The first-order chi connectivity index (χ1) is 10.6. The van der Waals surface area contributed by atoms with Gasteiger partial charge in [-0.3, -0.25) is 4.72 Å². The summed E-state index contributed by atoms with van der Waals surface area (Å²) in [5.41, 5.74) is 1.80. The highest BCUT2D eigenvalue weighted by Crippen LogP contribution is 2.12. The molecule has 1 atom stereocenters. The number of hydrogen-bond donors (Lipinski definition) is 2. The second-order valence-electron chi connectivity index (χ2n) is 5.27. The fraction of sp³-hybridized carbons (Fsp3) is 0.294. The van der Waals surface area contributed by atoms with Crippen LogP contribution in [-0.4, -0.2) is 20.2 Å². The number of nitrogens with one attached hydrogen (secondary N) is 2. The molecule has 0 saturated heterocycles. The molecule has 0 aliphatic rings. The van der Waals surface area contributed by atoms with E-state index in [1.54, 1.807) is 19.1 Å². The molecular weight excluding hydrogens is 296 g/mol. The topological polar surface area (TPSA) is 58.2 Å². The molecule has 2 rings (SSSR count). The summed E-state index contributed by atoms with van der Waals surface area (Å²) < 4.78 is 27.1. The molecule has 2 aromatic rings. The van der Waals surface area contributed by atoms with Crippen molar-refractivity contribution in [3.8, 4) is 0 Å². The maximum atomic E-state index is 12.2. The van der Waals surface area contributed by atoms with Gasteiger partial charge in [0.25, 0.3) is 0 Å². The maximum Gasteiger partial charge on any atom is 0.235 e. The van der Waals surface area contributed by atoms with Gasteiger partial charge in [-0.05, 0) is 37.6 Å². The van der Waals surface area contributed by atoms with Crippen molar-refractivity contribution < 1.29 is 8.42 Å². The molecule has 4 nitrogen and oxygen atoms in total. The molecule has 118 valence electrons. The minimum absolute atomic E-state index is 0.448. The van der Waals surface area contributed by atoms with Crippen LogP contribution in [0.25, 0.3) is 0 Å². The molecular formula is C17H22N2O2S. The van der Waals surface area contributed by atoms with E-state index in [0.717, 1.165) is 6.54 Å². The van der Waals surface area contributed by atoms with E-state index in [-0.39, 0.29) is 0 Å². The molecule has 2 aromatic carbocycles. The van der Waals surface area contributed by atoms with Crippen LogP contribution in [0, 0.1) is 0 Å². The van der Waals surface area contributed by atoms with E-state index < -0.39 is 15.3 Å². The van der Waals surface area contributed by atoms with Gasteiger partial charge in [-0.15, -0.1) is 0 Å². The maximum absolute atomic E-state index is 12.2. The second kappa shape index (κ2) is 7.96. The number of anilines is 1. The number of sulfonamides is 1. The average Bonchev–Trinajstić information content (AvgIpc) is 2.53. The normalized spacial score (nSPS) is 12.8. The molecule has 0 aliphatic heterocycles. The highest BCUT2D eigenvalue weighted by atomic mass is 32.2. The summed E-state index contributed by atoms with van der Waals surface area (Å²) >= 11 is 0. The molecule has 0 heterocycles. The molecule has 0 spiro atoms. The fourth-order valence-electron chi connectivity index (χ4n) is 2.06. The van der Waals surface area contributed by atoms with E-state index in [1.807, 2.05) is 48.5 Å². The Balaban J connectivity index is 1.77. The lowest BCUT2D eigenvalue weighted by atomic mass is 10.2. The van der Waals surface area contributed by atoms with E-state index in [0.29, 0.717) is 18.7 Å². The number of para-hydroxylation sites is 1. The standard InChI is InChI=1S/C17H22N2O2S/c1-15(12-13-18-14-16-8-4-2-5-9-16)22(20,21)19-17-10-6-3-7-11-17/h2-11,15,18-19H,12-14H2,1H3. The minimum Gasteiger partial charge on any atom is -0.313 e. The molecule has 0 aliphatic carbocycles. The van der Waals surface area contributed by atoms with Crippen LogP contribution in [0.15, 0.2) is 60.7 Å². The van der Waals surface area contributed by atoms with E-state index in [2.05, 4.69) is 10.0 Å². The summed E-state index contributed by atoms with van der Waals surface area (Å²) in [7, 11) is -3.35. The Morgan fingerprint density at radius 2 is 1.55 bits per heavy atom. The third-order valence-corrected chi connectivity index (χ3v) is 5.28. The van der Waals surface area contributed by atoms with Gasteiger partial charge in [0.1, 0.15) is 0 Å². The van der Waals surface area contributed by atoms with Crippen LogP contribution in [0.2, 0.25) is 0 Å². The van der Waals surface area contributed by atoms with Crippen LogP contribution in [-0.2, 0) is 16.6 Å². The zero-order chi connectivity index (χ0) is 15.8. The fourth-order valence-corrected chi connectivity index (χ4v) is 3.15. The predicted octanol–water partition coefficient (Wildman–Crippen LogP) is 3.00. The van der Waals surface area contributed by atoms with Gasteiger partial charge in [0.15, 0.2) is 0 Å². The first kappa shape index (κ1) is 16.5. The van der Waals surface area contributed by atoms with Crippen LogP contribution >= 0.6 is 0 Å². The van der Waals surface area contributed by atoms with E-state index in [4.69, 9.17) is 0 Å². The molecule has 5 heteroatoms. The SMILES string of the molecule is CC(CCNCc1ccccc1)S(=O)(=O)Nc1ccccc1. The lowest BCUT2D eigenvalue weighted by Crippen LogP contribution is -2.29. The third kappa shape index (κ3) is 5.16. The minimum atomic E-state index is -3.35. The molecule has 0 fully saturated rings. The van der Waals surface area contributed by atoms with Crippen molar-refractivity contribution in [3.05, 3.63) is 66.2 Å². The van der Waals surface area contributed by atoms with Crippen molar-refractivity contribution in [2.75, 3.05) is 11.3 Å². The van der Waals surface area contributed by atoms with Crippen molar-refractivity contribution in [1.29, 1.82) is 0 Å². The molecule has 0 radical (unpaired) electrons. The van der Waals surface area contributed by atoms with Gasteiger partial charge in [-0.25, -0.2) is 8.42 Å². The summed E-state index contributed by atoms with van der Waals surface area (Å²) in [6.45, 7) is 3.14. The molecule has 1 unspecified atom stereocenters. The Hall–Kier alpha value is -1.85. The quantitative estimate of drug-likeness (QED) is 0.736. The zero-order valence-corrected chi connectivity index (χ0v) is 13.5. The predicted molar refractivity (Wildman–Crippen MR) is 91.2 cm³/mol. The molecule has 0 bridgehead atoms. The van der Waals surface area contributed by atoms with E-state index in [9.17, 15) is 8.42 Å².